The number of hydrogen-bond donors (Lipinski definition) is 0. The number of carbonyl (C=O) groups excluding carboxylic acids is 1. The van der Waals surface area contributed by atoms with Gasteiger partial charge in [0.15, 0.2) is 14.8 Å². The lowest BCUT2D eigenvalue weighted by Gasteiger charge is -2.08. The van der Waals surface area contributed by atoms with Crippen molar-refractivity contribution < 1.29 is 26.4 Å². The maximum absolute atomic E-state index is 13.6. The van der Waals surface area contributed by atoms with Crippen molar-refractivity contribution in [2.75, 3.05) is 6.26 Å². The molecule has 0 bridgehead atoms. The Morgan fingerprint density at radius 1 is 0.875 bits per heavy atom. The molecule has 4 rings (SSSR count). The number of benzene rings is 3. The Balaban J connectivity index is 1.95. The van der Waals surface area contributed by atoms with Crippen LogP contribution < -0.4 is 0 Å². The van der Waals surface area contributed by atoms with Crippen molar-refractivity contribution in [3.63, 3.8) is 0 Å². The molecule has 0 N–H and O–H groups in total. The van der Waals surface area contributed by atoms with Gasteiger partial charge in [-0.25, -0.2) is 26.6 Å². The van der Waals surface area contributed by atoms with E-state index in [1.165, 1.54) is 30.3 Å². The highest BCUT2D eigenvalue weighted by Gasteiger charge is 2.24. The molecule has 0 saturated carbocycles. The van der Waals surface area contributed by atoms with E-state index in [-0.39, 0.29) is 21.2 Å². The summed E-state index contributed by atoms with van der Waals surface area (Å²) in [5, 5.41) is -0.0902. The second kappa shape index (κ2) is 8.33. The first-order valence-corrected chi connectivity index (χ1v) is 11.9. The summed E-state index contributed by atoms with van der Waals surface area (Å²) in [5.74, 6) is -3.02. The molecule has 0 fully saturated rings. The predicted molar refractivity (Wildman–Crippen MR) is 116 cm³/mol. The molecular formula is C23H14F3NO3S2. The number of carbonyl (C=O) groups is 1. The number of aromatic nitrogens is 1. The van der Waals surface area contributed by atoms with E-state index in [1.807, 2.05) is 0 Å². The van der Waals surface area contributed by atoms with Crippen LogP contribution in [0.4, 0.5) is 13.2 Å². The van der Waals surface area contributed by atoms with Gasteiger partial charge < -0.3 is 0 Å². The van der Waals surface area contributed by atoms with Crippen molar-refractivity contribution >= 4 is 27.0 Å². The Kier molecular flexibility index (Phi) is 5.70. The molecular weight excluding hydrogens is 459 g/mol. The fourth-order valence-corrected chi connectivity index (χ4v) is 5.24. The molecule has 32 heavy (non-hydrogen) atoms. The molecule has 0 spiro atoms. The van der Waals surface area contributed by atoms with Crippen molar-refractivity contribution in [3.8, 4) is 21.7 Å². The number of nitrogens with zero attached hydrogens (tertiary/aromatic N) is 1. The Labute approximate surface area is 185 Å². The van der Waals surface area contributed by atoms with Crippen molar-refractivity contribution in [1.82, 2.24) is 4.98 Å². The lowest BCUT2D eigenvalue weighted by Crippen LogP contribution is -2.02. The number of rotatable bonds is 5. The molecule has 0 unspecified atom stereocenters. The molecule has 3 aromatic carbocycles. The van der Waals surface area contributed by atoms with Crippen LogP contribution in [0.25, 0.3) is 21.7 Å². The molecule has 0 amide bonds. The Morgan fingerprint density at radius 3 is 2.12 bits per heavy atom. The first-order valence-electron chi connectivity index (χ1n) is 9.20. The van der Waals surface area contributed by atoms with Gasteiger partial charge in [0.1, 0.15) is 17.5 Å². The highest BCUT2D eigenvalue weighted by atomic mass is 32.2. The van der Waals surface area contributed by atoms with E-state index < -0.39 is 33.1 Å². The lowest BCUT2D eigenvalue weighted by molar-refractivity contribution is 0.103. The molecule has 0 saturated heterocycles. The van der Waals surface area contributed by atoms with Crippen LogP contribution in [0, 0.1) is 17.5 Å². The number of hydrogen-bond acceptors (Lipinski definition) is 5. The smallest absolute Gasteiger partial charge is 0.221 e. The zero-order chi connectivity index (χ0) is 23.0. The third-order valence-electron chi connectivity index (χ3n) is 4.59. The van der Waals surface area contributed by atoms with Crippen LogP contribution in [0.1, 0.15) is 15.4 Å². The highest BCUT2D eigenvalue weighted by Crippen LogP contribution is 2.40. The molecule has 1 aromatic heterocycles. The minimum absolute atomic E-state index is 0.0304. The molecule has 0 atom stereocenters. The predicted octanol–water partition coefficient (Wildman–Crippen LogP) is 5.53. The second-order valence-corrected chi connectivity index (χ2v) is 9.94. The maximum Gasteiger partial charge on any atom is 0.221 e. The summed E-state index contributed by atoms with van der Waals surface area (Å²) < 4.78 is 65.4. The van der Waals surface area contributed by atoms with Gasteiger partial charge in [0.2, 0.25) is 5.78 Å². The van der Waals surface area contributed by atoms with E-state index in [0.29, 0.717) is 22.1 Å². The highest BCUT2D eigenvalue weighted by molar-refractivity contribution is 7.90. The number of sulfone groups is 1. The largest absolute Gasteiger partial charge is 0.286 e. The van der Waals surface area contributed by atoms with Gasteiger partial charge in [0.05, 0.1) is 15.5 Å². The van der Waals surface area contributed by atoms with Gasteiger partial charge in [0, 0.05) is 29.0 Å². The Hall–Kier alpha value is -3.30. The standard InChI is InChI=1S/C23H14F3NO3S2/c1-32(29,30)19-5-3-2-4-18(19)22-20(13-6-8-15(24)9-7-13)27-23(31-22)21(28)14-10-16(25)12-17(26)11-14/h2-12H,1H3. The van der Waals surface area contributed by atoms with Crippen LogP contribution >= 0.6 is 11.3 Å². The van der Waals surface area contributed by atoms with Crippen LogP contribution in [-0.2, 0) is 9.84 Å². The quantitative estimate of drug-likeness (QED) is 0.358. The van der Waals surface area contributed by atoms with Gasteiger partial charge in [-0.1, -0.05) is 18.2 Å². The van der Waals surface area contributed by atoms with Gasteiger partial charge in [0.25, 0.3) is 0 Å². The van der Waals surface area contributed by atoms with Crippen LogP contribution in [0.2, 0.25) is 0 Å². The summed E-state index contributed by atoms with van der Waals surface area (Å²) in [6, 6.07) is 14.0. The van der Waals surface area contributed by atoms with Crippen LogP contribution in [-0.4, -0.2) is 25.4 Å². The molecule has 0 radical (unpaired) electrons. The van der Waals surface area contributed by atoms with Crippen LogP contribution in [0.15, 0.2) is 71.6 Å². The fraction of sp³-hybridized carbons (Fsp3) is 0.0435. The Bertz CT molecular complexity index is 1430. The Morgan fingerprint density at radius 2 is 1.50 bits per heavy atom. The summed E-state index contributed by atoms with van der Waals surface area (Å²) in [4.78, 5) is 17.7. The van der Waals surface area contributed by atoms with Gasteiger partial charge in [-0.3, -0.25) is 4.79 Å². The molecule has 0 aliphatic heterocycles. The SMILES string of the molecule is CS(=O)(=O)c1ccccc1-c1sc(C(=O)c2cc(F)cc(F)c2)nc1-c1ccc(F)cc1. The number of ketones is 1. The first-order chi connectivity index (χ1) is 15.1. The van der Waals surface area contributed by atoms with Gasteiger partial charge in [-0.05, 0) is 42.5 Å². The first kappa shape index (κ1) is 21.9. The maximum atomic E-state index is 13.6. The van der Waals surface area contributed by atoms with Crippen LogP contribution in [0.3, 0.4) is 0 Å². The van der Waals surface area contributed by atoms with E-state index in [4.69, 9.17) is 0 Å². The van der Waals surface area contributed by atoms with Crippen molar-refractivity contribution in [2.24, 2.45) is 0 Å². The third-order valence-corrected chi connectivity index (χ3v) is 6.84. The molecule has 4 nitrogen and oxygen atoms in total. The molecule has 9 heteroatoms. The zero-order valence-electron chi connectivity index (χ0n) is 16.5. The molecule has 4 aromatic rings. The number of thiazole rings is 1. The lowest BCUT2D eigenvalue weighted by atomic mass is 10.1. The topological polar surface area (TPSA) is 64.1 Å². The van der Waals surface area contributed by atoms with Gasteiger partial charge >= 0.3 is 0 Å². The zero-order valence-corrected chi connectivity index (χ0v) is 18.1. The molecule has 1 heterocycles. The molecule has 162 valence electrons. The van der Waals surface area contributed by atoms with Crippen molar-refractivity contribution in [1.29, 1.82) is 0 Å². The third kappa shape index (κ3) is 4.35. The monoisotopic (exact) mass is 473 g/mol. The van der Waals surface area contributed by atoms with E-state index in [2.05, 4.69) is 4.98 Å². The fourth-order valence-electron chi connectivity index (χ4n) is 3.19. The van der Waals surface area contributed by atoms with E-state index >= 15 is 0 Å². The minimum Gasteiger partial charge on any atom is -0.286 e. The van der Waals surface area contributed by atoms with E-state index in [0.717, 1.165) is 29.7 Å². The van der Waals surface area contributed by atoms with Crippen molar-refractivity contribution in [2.45, 2.75) is 4.90 Å². The van der Waals surface area contributed by atoms with Gasteiger partial charge in [-0.2, -0.15) is 0 Å². The van der Waals surface area contributed by atoms with Gasteiger partial charge in [-0.15, -0.1) is 11.3 Å². The normalized spacial score (nSPS) is 11.5. The summed E-state index contributed by atoms with van der Waals surface area (Å²) in [5.41, 5.74) is 0.790. The molecule has 0 aliphatic rings. The van der Waals surface area contributed by atoms with E-state index in [1.54, 1.807) is 18.2 Å². The summed E-state index contributed by atoms with van der Waals surface area (Å²) in [7, 11) is -3.63. The van der Waals surface area contributed by atoms with E-state index in [9.17, 15) is 26.4 Å². The average molecular weight is 473 g/mol. The summed E-state index contributed by atoms with van der Waals surface area (Å²) >= 11 is 0.893. The average Bonchev–Trinajstić information content (AvgIpc) is 3.17. The second-order valence-electron chi connectivity index (χ2n) is 6.96. The van der Waals surface area contributed by atoms with Crippen LogP contribution in [0.5, 0.6) is 0 Å². The summed E-state index contributed by atoms with van der Waals surface area (Å²) in [6.07, 6.45) is 1.06. The minimum atomic E-state index is -3.63. The summed E-state index contributed by atoms with van der Waals surface area (Å²) in [6.45, 7) is 0. The number of halogens is 3. The molecule has 0 aliphatic carbocycles. The van der Waals surface area contributed by atoms with Crippen molar-refractivity contribution in [3.05, 3.63) is 94.8 Å².